The maximum Gasteiger partial charge on any atom is 0.151 e. The number of anilines is 1. The van der Waals surface area contributed by atoms with Crippen LogP contribution in [-0.2, 0) is 0 Å². The molecule has 1 aromatic heterocycles. The number of hydrogen-bond donors (Lipinski definition) is 3. The van der Waals surface area contributed by atoms with Crippen molar-refractivity contribution in [2.45, 2.75) is 19.4 Å². The number of H-pyrrole nitrogens is 1. The molecule has 1 saturated heterocycles. The second kappa shape index (κ2) is 4.82. The average Bonchev–Trinajstić information content (AvgIpc) is 3.03. The number of benzene rings is 1. The number of rotatable bonds is 3. The van der Waals surface area contributed by atoms with Gasteiger partial charge >= 0.3 is 0 Å². The molecule has 1 atom stereocenters. The van der Waals surface area contributed by atoms with E-state index in [9.17, 15) is 0 Å². The van der Waals surface area contributed by atoms with Crippen LogP contribution < -0.4 is 10.6 Å². The van der Waals surface area contributed by atoms with Gasteiger partial charge in [-0.3, -0.25) is 5.10 Å². The van der Waals surface area contributed by atoms with E-state index in [0.29, 0.717) is 6.04 Å². The van der Waals surface area contributed by atoms with Gasteiger partial charge in [-0.1, -0.05) is 30.3 Å². The first-order valence-corrected chi connectivity index (χ1v) is 6.42. The molecule has 18 heavy (non-hydrogen) atoms. The fourth-order valence-electron chi connectivity index (χ4n) is 2.40. The monoisotopic (exact) mass is 242 g/mol. The fraction of sp³-hybridized carbons (Fsp3) is 0.357. The summed E-state index contributed by atoms with van der Waals surface area (Å²) in [5.41, 5.74) is 3.47. The van der Waals surface area contributed by atoms with E-state index in [2.05, 4.69) is 39.9 Å². The molecular formula is C14H18N4. The Morgan fingerprint density at radius 1 is 1.28 bits per heavy atom. The van der Waals surface area contributed by atoms with Gasteiger partial charge in [0.05, 0.1) is 5.69 Å². The van der Waals surface area contributed by atoms with Crippen LogP contribution in [0.5, 0.6) is 0 Å². The molecule has 3 rings (SSSR count). The summed E-state index contributed by atoms with van der Waals surface area (Å²) in [6.07, 6.45) is 1.16. The highest BCUT2D eigenvalue weighted by molar-refractivity contribution is 5.68. The normalized spacial score (nSPS) is 19.1. The third-order valence-corrected chi connectivity index (χ3v) is 3.47. The van der Waals surface area contributed by atoms with Gasteiger partial charge in [0.2, 0.25) is 0 Å². The van der Waals surface area contributed by atoms with Crippen molar-refractivity contribution >= 4 is 5.82 Å². The SMILES string of the molecule is Cc1c(NC2CCNC2)n[nH]c1-c1ccccc1. The molecule has 1 unspecified atom stereocenters. The van der Waals surface area contributed by atoms with Crippen LogP contribution >= 0.6 is 0 Å². The number of nitrogens with zero attached hydrogens (tertiary/aromatic N) is 1. The van der Waals surface area contributed by atoms with E-state index in [4.69, 9.17) is 0 Å². The minimum absolute atomic E-state index is 0.496. The second-order valence-electron chi connectivity index (χ2n) is 4.77. The third kappa shape index (κ3) is 2.11. The highest BCUT2D eigenvalue weighted by Gasteiger charge is 2.17. The molecule has 2 heterocycles. The molecule has 3 N–H and O–H groups in total. The largest absolute Gasteiger partial charge is 0.364 e. The summed E-state index contributed by atoms with van der Waals surface area (Å²) in [6.45, 7) is 4.22. The van der Waals surface area contributed by atoms with Crippen LogP contribution in [0.2, 0.25) is 0 Å². The van der Waals surface area contributed by atoms with E-state index >= 15 is 0 Å². The molecule has 4 nitrogen and oxygen atoms in total. The van der Waals surface area contributed by atoms with E-state index in [-0.39, 0.29) is 0 Å². The van der Waals surface area contributed by atoms with Crippen molar-refractivity contribution < 1.29 is 0 Å². The molecule has 0 saturated carbocycles. The predicted octanol–water partition coefficient (Wildman–Crippen LogP) is 2.16. The summed E-state index contributed by atoms with van der Waals surface area (Å²) < 4.78 is 0. The van der Waals surface area contributed by atoms with Crippen molar-refractivity contribution in [3.05, 3.63) is 35.9 Å². The number of aromatic nitrogens is 2. The number of hydrogen-bond acceptors (Lipinski definition) is 3. The molecule has 4 heteroatoms. The molecule has 1 aromatic carbocycles. The summed E-state index contributed by atoms with van der Waals surface area (Å²) in [5, 5.41) is 14.4. The molecule has 0 amide bonds. The van der Waals surface area contributed by atoms with Crippen molar-refractivity contribution in [1.82, 2.24) is 15.5 Å². The summed E-state index contributed by atoms with van der Waals surface area (Å²) in [7, 11) is 0. The maximum atomic E-state index is 4.39. The van der Waals surface area contributed by atoms with Gasteiger partial charge in [-0.15, -0.1) is 0 Å². The first kappa shape index (κ1) is 11.3. The lowest BCUT2D eigenvalue weighted by molar-refractivity contribution is 0.785. The molecular weight excluding hydrogens is 224 g/mol. The van der Waals surface area contributed by atoms with Crippen LogP contribution in [0.25, 0.3) is 11.3 Å². The zero-order chi connectivity index (χ0) is 12.4. The molecule has 0 radical (unpaired) electrons. The van der Waals surface area contributed by atoms with E-state index < -0.39 is 0 Å². The van der Waals surface area contributed by atoms with Crippen molar-refractivity contribution in [3.63, 3.8) is 0 Å². The molecule has 0 aliphatic carbocycles. The standard InChI is InChI=1S/C14H18N4/c1-10-13(11-5-3-2-4-6-11)17-18-14(10)16-12-7-8-15-9-12/h2-6,12,15H,7-9H2,1H3,(H2,16,17,18). The number of nitrogens with one attached hydrogen (secondary N) is 3. The Balaban J connectivity index is 1.83. The molecule has 1 fully saturated rings. The average molecular weight is 242 g/mol. The van der Waals surface area contributed by atoms with Gasteiger partial charge in [-0.05, 0) is 25.5 Å². The quantitative estimate of drug-likeness (QED) is 0.773. The highest BCUT2D eigenvalue weighted by atomic mass is 15.2. The molecule has 1 aliphatic heterocycles. The van der Waals surface area contributed by atoms with Gasteiger partial charge in [0, 0.05) is 18.2 Å². The summed E-state index contributed by atoms with van der Waals surface area (Å²) in [4.78, 5) is 0. The van der Waals surface area contributed by atoms with E-state index in [0.717, 1.165) is 31.0 Å². The van der Waals surface area contributed by atoms with Gasteiger partial charge in [-0.25, -0.2) is 0 Å². The summed E-state index contributed by atoms with van der Waals surface area (Å²) >= 11 is 0. The minimum atomic E-state index is 0.496. The molecule has 2 aromatic rings. The van der Waals surface area contributed by atoms with Crippen LogP contribution in [0, 0.1) is 6.92 Å². The van der Waals surface area contributed by atoms with Gasteiger partial charge in [0.25, 0.3) is 0 Å². The molecule has 0 bridgehead atoms. The van der Waals surface area contributed by atoms with Crippen LogP contribution in [0.3, 0.4) is 0 Å². The predicted molar refractivity (Wildman–Crippen MR) is 73.7 cm³/mol. The zero-order valence-corrected chi connectivity index (χ0v) is 10.5. The van der Waals surface area contributed by atoms with E-state index in [1.165, 1.54) is 11.1 Å². The van der Waals surface area contributed by atoms with Crippen molar-refractivity contribution in [3.8, 4) is 11.3 Å². The van der Waals surface area contributed by atoms with Crippen molar-refractivity contribution in [2.24, 2.45) is 0 Å². The topological polar surface area (TPSA) is 52.7 Å². The van der Waals surface area contributed by atoms with Crippen LogP contribution in [0.4, 0.5) is 5.82 Å². The molecule has 1 aliphatic rings. The first-order chi connectivity index (χ1) is 8.84. The zero-order valence-electron chi connectivity index (χ0n) is 10.5. The molecule has 94 valence electrons. The van der Waals surface area contributed by atoms with Gasteiger partial charge < -0.3 is 10.6 Å². The number of aromatic amines is 1. The van der Waals surface area contributed by atoms with Gasteiger partial charge in [-0.2, -0.15) is 5.10 Å². The van der Waals surface area contributed by atoms with Crippen LogP contribution in [0.1, 0.15) is 12.0 Å². The Kier molecular flexibility index (Phi) is 3.02. The van der Waals surface area contributed by atoms with Gasteiger partial charge in [0.15, 0.2) is 5.82 Å². The smallest absolute Gasteiger partial charge is 0.151 e. The Bertz CT molecular complexity index is 512. The van der Waals surface area contributed by atoms with Crippen molar-refractivity contribution in [2.75, 3.05) is 18.4 Å². The lowest BCUT2D eigenvalue weighted by Crippen LogP contribution is -2.22. The lowest BCUT2D eigenvalue weighted by atomic mass is 10.1. The third-order valence-electron chi connectivity index (χ3n) is 3.47. The Hall–Kier alpha value is -1.81. The summed E-state index contributed by atoms with van der Waals surface area (Å²) in [6, 6.07) is 10.8. The Morgan fingerprint density at radius 3 is 2.83 bits per heavy atom. The Morgan fingerprint density at radius 2 is 2.11 bits per heavy atom. The maximum absolute atomic E-state index is 4.39. The first-order valence-electron chi connectivity index (χ1n) is 6.42. The van der Waals surface area contributed by atoms with Crippen LogP contribution in [0.15, 0.2) is 30.3 Å². The van der Waals surface area contributed by atoms with Crippen LogP contribution in [-0.4, -0.2) is 29.3 Å². The van der Waals surface area contributed by atoms with Gasteiger partial charge in [0.1, 0.15) is 0 Å². The Labute approximate surface area is 107 Å². The fourth-order valence-corrected chi connectivity index (χ4v) is 2.40. The highest BCUT2D eigenvalue weighted by Crippen LogP contribution is 2.26. The second-order valence-corrected chi connectivity index (χ2v) is 4.77. The lowest BCUT2D eigenvalue weighted by Gasteiger charge is -2.10. The van der Waals surface area contributed by atoms with E-state index in [1.807, 2.05) is 18.2 Å². The summed E-state index contributed by atoms with van der Waals surface area (Å²) in [5.74, 6) is 0.975. The van der Waals surface area contributed by atoms with E-state index in [1.54, 1.807) is 0 Å². The molecule has 0 spiro atoms. The minimum Gasteiger partial charge on any atom is -0.364 e. The van der Waals surface area contributed by atoms with Crippen molar-refractivity contribution in [1.29, 1.82) is 0 Å².